The highest BCUT2D eigenvalue weighted by Crippen LogP contribution is 2.59. The van der Waals surface area contributed by atoms with E-state index in [9.17, 15) is 19.2 Å². The van der Waals surface area contributed by atoms with Crippen LogP contribution >= 0.6 is 0 Å². The van der Waals surface area contributed by atoms with Crippen molar-refractivity contribution in [2.24, 2.45) is 0 Å². The first-order chi connectivity index (χ1) is 47.0. The number of hydrogen-bond donors (Lipinski definition) is 0. The first-order valence-corrected chi connectivity index (χ1v) is 32.0. The lowest BCUT2D eigenvalue weighted by molar-refractivity contribution is -0.131. The number of benzene rings is 13. The molecule has 0 fully saturated rings. The molecular formula is C88H62O8. The maximum absolute atomic E-state index is 14.0. The van der Waals surface area contributed by atoms with Gasteiger partial charge in [-0.2, -0.15) is 0 Å². The quantitative estimate of drug-likeness (QED) is 0.0639. The monoisotopic (exact) mass is 1250 g/mol. The van der Waals surface area contributed by atoms with Crippen LogP contribution in [0.1, 0.15) is 112 Å². The molecule has 0 atom stereocenters. The fraction of sp³-hybridized carbons (Fsp3) is 0.0682. The van der Waals surface area contributed by atoms with Gasteiger partial charge in [0.1, 0.15) is 23.0 Å². The van der Waals surface area contributed by atoms with Crippen molar-refractivity contribution < 1.29 is 38.1 Å². The summed E-state index contributed by atoms with van der Waals surface area (Å²) in [6.07, 6.45) is 0. The van der Waals surface area contributed by atoms with Crippen molar-refractivity contribution in [2.75, 3.05) is 7.11 Å². The van der Waals surface area contributed by atoms with Crippen molar-refractivity contribution in [3.8, 4) is 56.4 Å². The molecule has 0 heterocycles. The number of esters is 3. The zero-order valence-electron chi connectivity index (χ0n) is 52.9. The van der Waals surface area contributed by atoms with Crippen molar-refractivity contribution in [1.29, 1.82) is 0 Å². The Morgan fingerprint density at radius 1 is 0.240 bits per heavy atom. The van der Waals surface area contributed by atoms with E-state index in [2.05, 4.69) is 170 Å². The maximum Gasteiger partial charge on any atom is 0.343 e. The normalized spacial score (nSPS) is 13.4. The Kier molecular flexibility index (Phi) is 15.4. The van der Waals surface area contributed by atoms with Gasteiger partial charge in [-0.3, -0.25) is 9.59 Å². The molecule has 462 valence electrons. The van der Waals surface area contributed by atoms with Crippen LogP contribution in [0.2, 0.25) is 0 Å². The molecule has 0 aromatic heterocycles. The van der Waals surface area contributed by atoms with E-state index in [1.165, 1.54) is 29.2 Å². The smallest absolute Gasteiger partial charge is 0.343 e. The van der Waals surface area contributed by atoms with E-state index in [0.29, 0.717) is 33.9 Å². The van der Waals surface area contributed by atoms with Gasteiger partial charge in [0.25, 0.3) is 0 Å². The van der Waals surface area contributed by atoms with Gasteiger partial charge in [0.2, 0.25) is 0 Å². The third-order valence-electron chi connectivity index (χ3n) is 19.2. The van der Waals surface area contributed by atoms with E-state index < -0.39 is 28.2 Å². The predicted octanol–water partition coefficient (Wildman–Crippen LogP) is 19.0. The minimum Gasteiger partial charge on any atom is -0.497 e. The fourth-order valence-electron chi connectivity index (χ4n) is 15.1. The van der Waals surface area contributed by atoms with E-state index >= 15 is 0 Å². The Balaban J connectivity index is 0.000000203. The van der Waals surface area contributed by atoms with Gasteiger partial charge in [-0.1, -0.05) is 249 Å². The summed E-state index contributed by atoms with van der Waals surface area (Å²) in [5.74, 6) is 1.03. The summed E-state index contributed by atoms with van der Waals surface area (Å²) >= 11 is 0. The molecule has 0 amide bonds. The molecule has 3 aliphatic rings. The summed E-state index contributed by atoms with van der Waals surface area (Å²) in [5, 5.41) is 0. The molecule has 0 bridgehead atoms. The van der Waals surface area contributed by atoms with Crippen LogP contribution in [-0.2, 0) is 21.0 Å². The first-order valence-electron chi connectivity index (χ1n) is 32.0. The molecule has 13 aromatic rings. The van der Waals surface area contributed by atoms with Crippen LogP contribution in [0.4, 0.5) is 0 Å². The molecule has 0 spiro atoms. The third-order valence-corrected chi connectivity index (χ3v) is 19.2. The van der Waals surface area contributed by atoms with Crippen molar-refractivity contribution >= 4 is 23.7 Å². The third kappa shape index (κ3) is 9.92. The van der Waals surface area contributed by atoms with Gasteiger partial charge in [-0.15, -0.1) is 0 Å². The maximum atomic E-state index is 14.0. The molecule has 0 N–H and O–H groups in total. The Bertz CT molecular complexity index is 4990. The van der Waals surface area contributed by atoms with Crippen LogP contribution < -0.4 is 18.9 Å². The molecule has 96 heavy (non-hydrogen) atoms. The lowest BCUT2D eigenvalue weighted by Gasteiger charge is -2.34. The number of rotatable bonds is 13. The summed E-state index contributed by atoms with van der Waals surface area (Å²) in [5.41, 5.74) is 20.0. The lowest BCUT2D eigenvalue weighted by Crippen LogP contribution is -2.28. The molecule has 0 saturated carbocycles. The van der Waals surface area contributed by atoms with Crippen LogP contribution in [0, 0.1) is 0 Å². The van der Waals surface area contributed by atoms with Crippen molar-refractivity contribution in [1.82, 2.24) is 0 Å². The number of fused-ring (bicyclic) bond motifs is 9. The molecule has 0 aliphatic heterocycles. The standard InChI is InChI=1S/C60H40O5.C28H22O3/c1-39(61)40-23-27-43(28-24-40)59(53-19-9-5-15-49(53)50-16-6-10-20-54(50)59)44-29-25-42(26-30-44)58(63)65-48-37-33-46(34-38-48)60(55-21-11-7-17-51(55)52-18-8-12-22-56(52)60)45-31-35-47(36-32-45)64-57(62)41-13-3-2-4-14-41;1-19(29)31-23-17-13-21(14-18-23)28(20-11-15-22(30-2)16-12-20)26-9-5-3-7-24(26)25-8-4-6-10-27(25)28/h2-38H,1H3;3-18H,1-2H3. The van der Waals surface area contributed by atoms with E-state index in [1.54, 1.807) is 26.2 Å². The lowest BCUT2D eigenvalue weighted by atomic mass is 9.67. The van der Waals surface area contributed by atoms with Gasteiger partial charge in [0.05, 0.1) is 34.5 Å². The van der Waals surface area contributed by atoms with Gasteiger partial charge >= 0.3 is 17.9 Å². The molecule has 0 unspecified atom stereocenters. The van der Waals surface area contributed by atoms with Gasteiger partial charge in [0.15, 0.2) is 5.78 Å². The van der Waals surface area contributed by atoms with Gasteiger partial charge in [-0.25, -0.2) is 9.59 Å². The van der Waals surface area contributed by atoms with Crippen molar-refractivity contribution in [3.05, 3.63) is 405 Å². The molecule has 13 aromatic carbocycles. The summed E-state index contributed by atoms with van der Waals surface area (Å²) in [6, 6.07) is 107. The average molecular weight is 1250 g/mol. The van der Waals surface area contributed by atoms with Crippen molar-refractivity contribution in [2.45, 2.75) is 30.1 Å². The highest BCUT2D eigenvalue weighted by molar-refractivity contribution is 5.96. The van der Waals surface area contributed by atoms with E-state index in [4.69, 9.17) is 18.9 Å². The van der Waals surface area contributed by atoms with Crippen molar-refractivity contribution in [3.63, 3.8) is 0 Å². The zero-order chi connectivity index (χ0) is 65.5. The highest BCUT2D eigenvalue weighted by Gasteiger charge is 2.49. The van der Waals surface area contributed by atoms with Gasteiger partial charge in [-0.05, 0) is 180 Å². The minimum absolute atomic E-state index is 0.0132. The van der Waals surface area contributed by atoms with Crippen LogP contribution in [-0.4, -0.2) is 30.8 Å². The summed E-state index contributed by atoms with van der Waals surface area (Å²) in [4.78, 5) is 50.6. The Morgan fingerprint density at radius 2 is 0.469 bits per heavy atom. The molecular weight excluding hydrogens is 1180 g/mol. The first kappa shape index (κ1) is 60.0. The number of ether oxygens (including phenoxy) is 4. The van der Waals surface area contributed by atoms with E-state index in [0.717, 1.165) is 83.6 Å². The fourth-order valence-corrected chi connectivity index (χ4v) is 15.1. The van der Waals surface area contributed by atoms with Crippen LogP contribution in [0.25, 0.3) is 33.4 Å². The van der Waals surface area contributed by atoms with Crippen LogP contribution in [0.15, 0.2) is 322 Å². The van der Waals surface area contributed by atoms with E-state index in [-0.39, 0.29) is 11.8 Å². The van der Waals surface area contributed by atoms with Gasteiger partial charge in [0, 0.05) is 12.5 Å². The molecule has 8 heteroatoms. The molecule has 8 nitrogen and oxygen atoms in total. The highest BCUT2D eigenvalue weighted by atomic mass is 16.5. The number of methoxy groups -OCH3 is 1. The molecule has 0 radical (unpaired) electrons. The molecule has 3 aliphatic carbocycles. The number of ketones is 1. The number of carbonyl (C=O) groups is 4. The number of hydrogen-bond acceptors (Lipinski definition) is 8. The summed E-state index contributed by atoms with van der Waals surface area (Å²) in [6.45, 7) is 2.99. The number of Topliss-reactive ketones (excluding diaryl/α,β-unsaturated/α-hetero) is 1. The largest absolute Gasteiger partial charge is 0.497 e. The Morgan fingerprint density at radius 3 is 0.740 bits per heavy atom. The SMILES string of the molecule is CC(=O)c1ccc(C2(c3ccc(C(=O)Oc4ccc(C5(c6ccc(OC(=O)c7ccccc7)cc6)c6ccccc6-c6ccccc65)cc4)cc3)c3ccccc3-c3ccccc32)cc1.COc1ccc(C2(c3ccc(OC(C)=O)cc3)c3ccccc3-c3ccccc32)cc1. The summed E-state index contributed by atoms with van der Waals surface area (Å²) < 4.78 is 22.6. The topological polar surface area (TPSA) is 105 Å². The second kappa shape index (κ2) is 24.7. The van der Waals surface area contributed by atoms with Crippen LogP contribution in [0.3, 0.4) is 0 Å². The molecule has 16 rings (SSSR count). The zero-order valence-corrected chi connectivity index (χ0v) is 52.9. The van der Waals surface area contributed by atoms with E-state index in [1.807, 2.05) is 140 Å². The second-order valence-electron chi connectivity index (χ2n) is 24.3. The predicted molar refractivity (Wildman–Crippen MR) is 375 cm³/mol. The summed E-state index contributed by atoms with van der Waals surface area (Å²) in [7, 11) is 1.68. The minimum atomic E-state index is -0.715. The average Bonchev–Trinajstić information content (AvgIpc) is 1.55. The van der Waals surface area contributed by atoms with Crippen LogP contribution in [0.5, 0.6) is 23.0 Å². The second-order valence-corrected chi connectivity index (χ2v) is 24.3. The molecule has 0 saturated heterocycles. The van der Waals surface area contributed by atoms with Gasteiger partial charge < -0.3 is 18.9 Å². The number of carbonyl (C=O) groups excluding carboxylic acids is 4. The Hall–Kier alpha value is -12.3. The Labute approximate surface area is 557 Å².